The fourth-order valence-electron chi connectivity index (χ4n) is 1.96. The normalized spacial score (nSPS) is 12.4. The van der Waals surface area contributed by atoms with Crippen molar-refractivity contribution in [3.8, 4) is 0 Å². The molecule has 0 spiro atoms. The third-order valence-electron chi connectivity index (χ3n) is 2.92. The van der Waals surface area contributed by atoms with Crippen LogP contribution in [0.4, 0.5) is 4.39 Å². The van der Waals surface area contributed by atoms with Crippen LogP contribution in [0.15, 0.2) is 40.9 Å². The average molecular weight is 378 g/mol. The Bertz CT molecular complexity index is 619. The van der Waals surface area contributed by atoms with Crippen LogP contribution < -0.4 is 0 Å². The Morgan fingerprint density at radius 2 is 1.80 bits per heavy atom. The zero-order chi connectivity index (χ0) is 14.7. The molecule has 1 atom stereocenters. The molecule has 5 heteroatoms. The molecule has 0 aliphatic heterocycles. The summed E-state index contributed by atoms with van der Waals surface area (Å²) in [6.45, 7) is 0. The summed E-state index contributed by atoms with van der Waals surface area (Å²) in [6.07, 6.45) is 0.170. The van der Waals surface area contributed by atoms with E-state index in [2.05, 4.69) is 15.9 Å². The van der Waals surface area contributed by atoms with Crippen molar-refractivity contribution >= 4 is 39.1 Å². The summed E-state index contributed by atoms with van der Waals surface area (Å²) >= 11 is 15.1. The first-order valence-corrected chi connectivity index (χ1v) is 7.56. The summed E-state index contributed by atoms with van der Waals surface area (Å²) in [7, 11) is 0. The Hall–Kier alpha value is -0.610. The molecule has 1 unspecified atom stereocenters. The Labute approximate surface area is 135 Å². The quantitative estimate of drug-likeness (QED) is 0.791. The molecule has 0 radical (unpaired) electrons. The van der Waals surface area contributed by atoms with Gasteiger partial charge in [0, 0.05) is 4.47 Å². The highest BCUT2D eigenvalue weighted by atomic mass is 79.9. The first-order valence-electron chi connectivity index (χ1n) is 6.01. The lowest BCUT2D eigenvalue weighted by atomic mass is 10.0. The van der Waals surface area contributed by atoms with Crippen molar-refractivity contribution in [1.82, 2.24) is 0 Å². The van der Waals surface area contributed by atoms with Crippen LogP contribution in [0.3, 0.4) is 0 Å². The molecule has 106 valence electrons. The Morgan fingerprint density at radius 3 is 2.50 bits per heavy atom. The van der Waals surface area contributed by atoms with Crippen LogP contribution in [0.25, 0.3) is 0 Å². The van der Waals surface area contributed by atoms with E-state index < -0.39 is 6.10 Å². The number of hydrogen-bond donors (Lipinski definition) is 1. The van der Waals surface area contributed by atoms with Gasteiger partial charge in [-0.15, -0.1) is 0 Å². The molecule has 0 saturated carbocycles. The lowest BCUT2D eigenvalue weighted by Crippen LogP contribution is -2.14. The van der Waals surface area contributed by atoms with Gasteiger partial charge in [-0.25, -0.2) is 4.39 Å². The highest BCUT2D eigenvalue weighted by molar-refractivity contribution is 9.10. The summed E-state index contributed by atoms with van der Waals surface area (Å²) in [5, 5.41) is 11.1. The first kappa shape index (κ1) is 15.8. The van der Waals surface area contributed by atoms with E-state index in [-0.39, 0.29) is 5.82 Å². The van der Waals surface area contributed by atoms with Crippen molar-refractivity contribution in [2.45, 2.75) is 18.9 Å². The zero-order valence-corrected chi connectivity index (χ0v) is 13.5. The summed E-state index contributed by atoms with van der Waals surface area (Å²) in [6, 6.07) is 9.67. The smallest absolute Gasteiger partial charge is 0.123 e. The maximum Gasteiger partial charge on any atom is 0.123 e. The van der Waals surface area contributed by atoms with Gasteiger partial charge < -0.3 is 5.11 Å². The van der Waals surface area contributed by atoms with Crippen molar-refractivity contribution in [1.29, 1.82) is 0 Å². The molecule has 2 rings (SSSR count). The zero-order valence-electron chi connectivity index (χ0n) is 10.4. The van der Waals surface area contributed by atoms with Crippen molar-refractivity contribution in [3.05, 3.63) is 67.9 Å². The highest BCUT2D eigenvalue weighted by Crippen LogP contribution is 2.24. The second-order valence-electron chi connectivity index (χ2n) is 4.55. The van der Waals surface area contributed by atoms with Crippen LogP contribution in [0.2, 0.25) is 10.0 Å². The maximum absolute atomic E-state index is 13.2. The minimum absolute atomic E-state index is 0.315. The third kappa shape index (κ3) is 4.19. The van der Waals surface area contributed by atoms with Gasteiger partial charge in [0.25, 0.3) is 0 Å². The van der Waals surface area contributed by atoms with E-state index >= 15 is 0 Å². The second-order valence-corrected chi connectivity index (χ2v) is 6.22. The van der Waals surface area contributed by atoms with Gasteiger partial charge in [0.05, 0.1) is 16.1 Å². The lowest BCUT2D eigenvalue weighted by Gasteiger charge is -2.12. The number of aliphatic hydroxyl groups excluding tert-OH is 1. The van der Waals surface area contributed by atoms with Gasteiger partial charge in [-0.05, 0) is 54.3 Å². The van der Waals surface area contributed by atoms with Crippen LogP contribution in [0, 0.1) is 5.82 Å². The molecule has 0 aliphatic rings. The first-order chi connectivity index (χ1) is 9.45. The van der Waals surface area contributed by atoms with Crippen LogP contribution in [0.1, 0.15) is 11.1 Å². The largest absolute Gasteiger partial charge is 0.392 e. The van der Waals surface area contributed by atoms with E-state index in [0.29, 0.717) is 22.9 Å². The number of aliphatic hydroxyl groups is 1. The van der Waals surface area contributed by atoms with Crippen LogP contribution in [0.5, 0.6) is 0 Å². The molecule has 0 heterocycles. The number of halogens is 4. The molecule has 2 aromatic carbocycles. The fraction of sp³-hybridized carbons (Fsp3) is 0.200. The number of rotatable bonds is 4. The van der Waals surface area contributed by atoms with Crippen molar-refractivity contribution in [3.63, 3.8) is 0 Å². The number of benzene rings is 2. The van der Waals surface area contributed by atoms with Gasteiger partial charge in [0.1, 0.15) is 5.82 Å². The summed E-state index contributed by atoms with van der Waals surface area (Å²) in [5.74, 6) is -0.315. The third-order valence-corrected chi connectivity index (χ3v) is 4.43. The molecular formula is C15H12BrCl2FO. The van der Waals surface area contributed by atoms with Gasteiger partial charge >= 0.3 is 0 Å². The molecule has 2 aromatic rings. The Balaban J connectivity index is 2.06. The molecule has 1 nitrogen and oxygen atoms in total. The van der Waals surface area contributed by atoms with Crippen molar-refractivity contribution < 1.29 is 9.50 Å². The van der Waals surface area contributed by atoms with Gasteiger partial charge in [0.15, 0.2) is 0 Å². The van der Waals surface area contributed by atoms with Crippen molar-refractivity contribution in [2.24, 2.45) is 0 Å². The molecule has 20 heavy (non-hydrogen) atoms. The van der Waals surface area contributed by atoms with E-state index in [1.165, 1.54) is 12.1 Å². The molecule has 0 amide bonds. The minimum Gasteiger partial charge on any atom is -0.392 e. The second kappa shape index (κ2) is 6.90. The van der Waals surface area contributed by atoms with E-state index in [1.807, 2.05) is 6.07 Å². The van der Waals surface area contributed by atoms with Crippen LogP contribution >= 0.6 is 39.1 Å². The van der Waals surface area contributed by atoms with E-state index in [1.54, 1.807) is 18.2 Å². The molecule has 0 aromatic heterocycles. The van der Waals surface area contributed by atoms with Gasteiger partial charge in [-0.3, -0.25) is 0 Å². The predicted octanol–water partition coefficient (Wildman–Crippen LogP) is 5.04. The minimum atomic E-state index is -0.620. The summed E-state index contributed by atoms with van der Waals surface area (Å²) in [4.78, 5) is 0. The standard InChI is InChI=1S/C15H12BrCl2FO/c16-13-3-2-11(19)7-10(13)8-12(20)5-9-1-4-14(17)15(18)6-9/h1-4,6-7,12,20H,5,8H2. The van der Waals surface area contributed by atoms with E-state index in [4.69, 9.17) is 23.2 Å². The van der Waals surface area contributed by atoms with Crippen LogP contribution in [-0.4, -0.2) is 11.2 Å². The SMILES string of the molecule is OC(Cc1ccc(Cl)c(Cl)c1)Cc1cc(F)ccc1Br. The molecule has 0 bridgehead atoms. The molecule has 0 fully saturated rings. The highest BCUT2D eigenvalue weighted by Gasteiger charge is 2.11. The van der Waals surface area contributed by atoms with Gasteiger partial charge in [0.2, 0.25) is 0 Å². The summed E-state index contributed by atoms with van der Waals surface area (Å²) in [5.41, 5.74) is 1.62. The van der Waals surface area contributed by atoms with Crippen LogP contribution in [-0.2, 0) is 12.8 Å². The predicted molar refractivity (Wildman–Crippen MR) is 84.0 cm³/mol. The van der Waals surface area contributed by atoms with Crippen molar-refractivity contribution in [2.75, 3.05) is 0 Å². The Morgan fingerprint density at radius 1 is 1.05 bits per heavy atom. The number of hydrogen-bond acceptors (Lipinski definition) is 1. The molecule has 0 aliphatic carbocycles. The topological polar surface area (TPSA) is 20.2 Å². The fourth-order valence-corrected chi connectivity index (χ4v) is 2.69. The van der Waals surface area contributed by atoms with Gasteiger partial charge in [-0.2, -0.15) is 0 Å². The van der Waals surface area contributed by atoms with E-state index in [0.717, 1.165) is 15.6 Å². The molecule has 0 saturated heterocycles. The lowest BCUT2D eigenvalue weighted by molar-refractivity contribution is 0.175. The van der Waals surface area contributed by atoms with Gasteiger partial charge in [-0.1, -0.05) is 45.2 Å². The average Bonchev–Trinajstić information content (AvgIpc) is 2.38. The summed E-state index contributed by atoms with van der Waals surface area (Å²) < 4.78 is 14.0. The molecular weight excluding hydrogens is 366 g/mol. The molecule has 1 N–H and O–H groups in total. The Kier molecular flexibility index (Phi) is 5.44. The maximum atomic E-state index is 13.2. The monoisotopic (exact) mass is 376 g/mol. The van der Waals surface area contributed by atoms with E-state index in [9.17, 15) is 9.50 Å².